The molecule has 0 aliphatic rings. The van der Waals surface area contributed by atoms with Crippen molar-refractivity contribution in [3.63, 3.8) is 0 Å². The largest absolute Gasteiger partial charge is 0.236 e. The zero-order valence-electron chi connectivity index (χ0n) is 11.5. The molecule has 3 aromatic rings. The molecule has 0 aliphatic carbocycles. The zero-order valence-corrected chi connectivity index (χ0v) is 14.4. The van der Waals surface area contributed by atoms with Crippen molar-refractivity contribution in [2.24, 2.45) is 0 Å². The van der Waals surface area contributed by atoms with Crippen LogP contribution in [0.25, 0.3) is 22.5 Å². The van der Waals surface area contributed by atoms with E-state index in [-0.39, 0.29) is 38.5 Å². The third kappa shape index (κ3) is 3.81. The molecule has 2 nitrogen and oxygen atoms in total. The van der Waals surface area contributed by atoms with E-state index in [1.807, 2.05) is 31.2 Å². The number of nitrogens with zero attached hydrogens (tertiary/aromatic N) is 2. The van der Waals surface area contributed by atoms with Crippen LogP contribution in [0, 0.1) is 18.8 Å². The van der Waals surface area contributed by atoms with E-state index in [0.717, 1.165) is 22.3 Å². The van der Waals surface area contributed by atoms with Crippen LogP contribution < -0.4 is 0 Å². The van der Waals surface area contributed by atoms with Gasteiger partial charge in [0.25, 0.3) is 0 Å². The molecule has 0 bridgehead atoms. The first kappa shape index (κ1) is 15.9. The van der Waals surface area contributed by atoms with Crippen LogP contribution in [0.4, 0.5) is 4.39 Å². The molecule has 3 rings (SSSR count). The monoisotopic (exact) mass is 352 g/mol. The summed E-state index contributed by atoms with van der Waals surface area (Å²) in [7, 11) is 0. The Labute approximate surface area is 148 Å². The van der Waals surface area contributed by atoms with Crippen LogP contribution >= 0.6 is 0 Å². The fourth-order valence-corrected chi connectivity index (χ4v) is 1.94. The van der Waals surface area contributed by atoms with Crippen LogP contribution in [-0.2, 0) is 32.7 Å². The first-order valence-electron chi connectivity index (χ1n) is 6.29. The van der Waals surface area contributed by atoms with E-state index in [2.05, 4.69) is 16.0 Å². The molecule has 0 spiro atoms. The van der Waals surface area contributed by atoms with Gasteiger partial charge in [-0.3, -0.25) is 0 Å². The summed E-state index contributed by atoms with van der Waals surface area (Å²) < 4.78 is 12.8. The van der Waals surface area contributed by atoms with Crippen LogP contribution in [-0.4, -0.2) is 9.97 Å². The first-order chi connectivity index (χ1) is 9.72. The number of benzene rings is 2. The van der Waals surface area contributed by atoms with E-state index >= 15 is 0 Å². The van der Waals surface area contributed by atoms with Gasteiger partial charge in [-0.25, -0.2) is 14.4 Å². The second-order valence-electron chi connectivity index (χ2n) is 4.59. The molecular formula is C17H12FN2Y-. The second-order valence-corrected chi connectivity index (χ2v) is 4.59. The van der Waals surface area contributed by atoms with E-state index < -0.39 is 0 Å². The van der Waals surface area contributed by atoms with Crippen molar-refractivity contribution in [2.45, 2.75) is 6.92 Å². The third-order valence-corrected chi connectivity index (χ3v) is 3.03. The van der Waals surface area contributed by atoms with Crippen molar-refractivity contribution < 1.29 is 37.1 Å². The van der Waals surface area contributed by atoms with Gasteiger partial charge in [0.15, 0.2) is 5.82 Å². The topological polar surface area (TPSA) is 25.8 Å². The van der Waals surface area contributed by atoms with Gasteiger partial charge in [0.05, 0.1) is 0 Å². The molecule has 0 saturated carbocycles. The zero-order chi connectivity index (χ0) is 13.9. The molecule has 101 valence electrons. The number of rotatable bonds is 2. The maximum absolute atomic E-state index is 12.8. The van der Waals surface area contributed by atoms with E-state index in [1.165, 1.54) is 6.07 Å². The predicted molar refractivity (Wildman–Crippen MR) is 76.4 cm³/mol. The summed E-state index contributed by atoms with van der Waals surface area (Å²) in [5.74, 6) is 0.353. The Morgan fingerprint density at radius 2 is 1.43 bits per heavy atom. The molecular weight excluding hydrogens is 340 g/mol. The fraction of sp³-hybridized carbons (Fsp3) is 0.0588. The van der Waals surface area contributed by atoms with Crippen molar-refractivity contribution in [2.75, 3.05) is 0 Å². The van der Waals surface area contributed by atoms with Gasteiger partial charge in [-0.2, -0.15) is 12.1 Å². The van der Waals surface area contributed by atoms with Crippen molar-refractivity contribution in [1.29, 1.82) is 0 Å². The van der Waals surface area contributed by atoms with Gasteiger partial charge in [0.1, 0.15) is 0 Å². The van der Waals surface area contributed by atoms with Crippen LogP contribution in [0.2, 0.25) is 0 Å². The molecule has 1 aromatic heterocycles. The Bertz CT molecular complexity index is 643. The minimum atomic E-state index is -0.349. The molecule has 1 heterocycles. The van der Waals surface area contributed by atoms with Crippen molar-refractivity contribution in [3.8, 4) is 22.5 Å². The van der Waals surface area contributed by atoms with Gasteiger partial charge >= 0.3 is 0 Å². The maximum atomic E-state index is 12.8. The summed E-state index contributed by atoms with van der Waals surface area (Å²) in [6.07, 6.45) is 3.59. The molecule has 0 aliphatic heterocycles. The molecule has 0 atom stereocenters. The number of hydrogen-bond acceptors (Lipinski definition) is 2. The van der Waals surface area contributed by atoms with Gasteiger partial charge in [0, 0.05) is 56.5 Å². The summed E-state index contributed by atoms with van der Waals surface area (Å²) in [5, 5.41) is 0. The Morgan fingerprint density at radius 3 is 2.00 bits per heavy atom. The number of hydrogen-bond donors (Lipinski definition) is 0. The molecule has 0 N–H and O–H groups in total. The SMILES string of the molecule is Cc1cnc(-c2ccc(-c3c[c-]c(F)cc3)cc2)nc1.[Y]. The van der Waals surface area contributed by atoms with E-state index in [1.54, 1.807) is 24.5 Å². The average Bonchev–Trinajstić information content (AvgIpc) is 2.49. The summed E-state index contributed by atoms with van der Waals surface area (Å²) in [6, 6.07) is 15.2. The Hall–Kier alpha value is -1.45. The van der Waals surface area contributed by atoms with E-state index in [0.29, 0.717) is 5.82 Å². The normalized spacial score (nSPS) is 10.0. The maximum Gasteiger partial charge on any atom is 0.159 e. The second kappa shape index (κ2) is 7.01. The molecule has 0 unspecified atom stereocenters. The Kier molecular flexibility index (Phi) is 5.32. The molecule has 4 heteroatoms. The number of aromatic nitrogens is 2. The van der Waals surface area contributed by atoms with E-state index in [9.17, 15) is 4.39 Å². The first-order valence-corrected chi connectivity index (χ1v) is 6.29. The van der Waals surface area contributed by atoms with Crippen LogP contribution in [0.3, 0.4) is 0 Å². The molecule has 0 amide bonds. The predicted octanol–water partition coefficient (Wildman–Crippen LogP) is 4.06. The average molecular weight is 352 g/mol. The van der Waals surface area contributed by atoms with Crippen molar-refractivity contribution in [1.82, 2.24) is 9.97 Å². The summed E-state index contributed by atoms with van der Waals surface area (Å²) >= 11 is 0. The van der Waals surface area contributed by atoms with Gasteiger partial charge in [-0.15, -0.1) is 17.7 Å². The standard InChI is InChI=1S/C17H12FN2.Y/c1-12-10-19-17(20-11-12)15-4-2-13(3-5-15)14-6-8-16(18)9-7-14;/h2-8,10-11H,1H3;/q-1;. The smallest absolute Gasteiger partial charge is 0.159 e. The summed E-state index contributed by atoms with van der Waals surface area (Å²) in [4.78, 5) is 8.59. The van der Waals surface area contributed by atoms with Gasteiger partial charge in [0.2, 0.25) is 0 Å². The van der Waals surface area contributed by atoms with Crippen molar-refractivity contribution >= 4 is 0 Å². The molecule has 0 fully saturated rings. The number of halogens is 1. The number of aryl methyl sites for hydroxylation is 1. The minimum Gasteiger partial charge on any atom is -0.236 e. The third-order valence-electron chi connectivity index (χ3n) is 3.03. The molecule has 1 radical (unpaired) electrons. The summed E-state index contributed by atoms with van der Waals surface area (Å²) in [5.41, 5.74) is 3.94. The quantitative estimate of drug-likeness (QED) is 0.650. The van der Waals surface area contributed by atoms with Gasteiger partial charge < -0.3 is 0 Å². The molecule has 2 aromatic carbocycles. The van der Waals surface area contributed by atoms with Crippen LogP contribution in [0.15, 0.2) is 54.9 Å². The minimum absolute atomic E-state index is 0. The van der Waals surface area contributed by atoms with Crippen LogP contribution in [0.5, 0.6) is 0 Å². The van der Waals surface area contributed by atoms with Crippen LogP contribution in [0.1, 0.15) is 5.56 Å². The van der Waals surface area contributed by atoms with Gasteiger partial charge in [-0.05, 0) is 12.5 Å². The Morgan fingerprint density at radius 1 is 0.857 bits per heavy atom. The molecule has 21 heavy (non-hydrogen) atoms. The van der Waals surface area contributed by atoms with Gasteiger partial charge in [-0.1, -0.05) is 29.8 Å². The summed E-state index contributed by atoms with van der Waals surface area (Å²) in [6.45, 7) is 1.96. The van der Waals surface area contributed by atoms with E-state index in [4.69, 9.17) is 0 Å². The Balaban J connectivity index is 0.00000161. The van der Waals surface area contributed by atoms with Crippen molar-refractivity contribution in [3.05, 3.63) is 72.3 Å². The molecule has 0 saturated heterocycles. The fourth-order valence-electron chi connectivity index (χ4n) is 1.94.